The lowest BCUT2D eigenvalue weighted by Crippen LogP contribution is -2.12. The van der Waals surface area contributed by atoms with Crippen LogP contribution in [-0.2, 0) is 4.74 Å². The van der Waals surface area contributed by atoms with E-state index in [9.17, 15) is 0 Å². The van der Waals surface area contributed by atoms with Gasteiger partial charge in [-0.1, -0.05) is 0 Å². The van der Waals surface area contributed by atoms with Gasteiger partial charge in [0.25, 0.3) is 0 Å². The van der Waals surface area contributed by atoms with Crippen LogP contribution < -0.4 is 5.73 Å². The topological polar surface area (TPSA) is 35.2 Å². The van der Waals surface area contributed by atoms with Crippen LogP contribution in [0.5, 0.6) is 0 Å². The number of ether oxygens (including phenoxy) is 1. The third-order valence-corrected chi connectivity index (χ3v) is 3.43. The van der Waals surface area contributed by atoms with Crippen molar-refractivity contribution in [2.24, 2.45) is 5.73 Å². The molecule has 0 saturated heterocycles. The van der Waals surface area contributed by atoms with E-state index in [4.69, 9.17) is 10.5 Å². The predicted octanol–water partition coefficient (Wildman–Crippen LogP) is 2.55. The zero-order chi connectivity index (χ0) is 8.97. The smallest absolute Gasteiger partial charge is 0.0480 e. The van der Waals surface area contributed by atoms with Gasteiger partial charge in [0.15, 0.2) is 0 Å². The van der Waals surface area contributed by atoms with Crippen LogP contribution in [0.4, 0.5) is 0 Å². The summed E-state index contributed by atoms with van der Waals surface area (Å²) in [5.74, 6) is 0. The van der Waals surface area contributed by atoms with Crippen LogP contribution in [0.2, 0.25) is 0 Å². The second kappa shape index (κ2) is 4.97. The number of halogens is 1. The molecule has 1 aromatic rings. The summed E-state index contributed by atoms with van der Waals surface area (Å²) in [5.41, 5.74) is 7.10. The number of methoxy groups -OCH3 is 1. The van der Waals surface area contributed by atoms with Gasteiger partial charge in [0, 0.05) is 29.6 Å². The highest BCUT2D eigenvalue weighted by atomic mass is 79.9. The van der Waals surface area contributed by atoms with Gasteiger partial charge in [-0.05, 0) is 33.3 Å². The third kappa shape index (κ3) is 2.55. The van der Waals surface area contributed by atoms with Gasteiger partial charge in [0.1, 0.15) is 0 Å². The molecule has 1 atom stereocenters. The lowest BCUT2D eigenvalue weighted by molar-refractivity contribution is 0.188. The third-order valence-electron chi connectivity index (χ3n) is 1.67. The molecular formula is C8H12BrNOS. The highest BCUT2D eigenvalue weighted by Gasteiger charge is 2.09. The maximum Gasteiger partial charge on any atom is 0.0480 e. The van der Waals surface area contributed by atoms with Crippen LogP contribution in [0.3, 0.4) is 0 Å². The number of thiophene rings is 1. The van der Waals surface area contributed by atoms with Crippen LogP contribution in [0.25, 0.3) is 0 Å². The quantitative estimate of drug-likeness (QED) is 0.891. The first-order chi connectivity index (χ1) is 5.75. The molecule has 2 nitrogen and oxygen atoms in total. The van der Waals surface area contributed by atoms with Crippen molar-refractivity contribution in [3.8, 4) is 0 Å². The standard InChI is InChI=1S/C8H12BrNOS/c1-11-3-2-8(10)6-4-12-5-7(6)9/h4-5,8H,2-3,10H2,1H3. The molecule has 0 spiro atoms. The van der Waals surface area contributed by atoms with Gasteiger partial charge in [-0.15, -0.1) is 0 Å². The van der Waals surface area contributed by atoms with E-state index in [1.54, 1.807) is 18.4 Å². The molecular weight excluding hydrogens is 238 g/mol. The molecule has 0 aliphatic rings. The van der Waals surface area contributed by atoms with Crippen molar-refractivity contribution < 1.29 is 4.74 Å². The van der Waals surface area contributed by atoms with E-state index >= 15 is 0 Å². The molecule has 1 heterocycles. The Labute approximate surface area is 84.9 Å². The molecule has 0 saturated carbocycles. The molecule has 4 heteroatoms. The van der Waals surface area contributed by atoms with Gasteiger partial charge in [0.05, 0.1) is 0 Å². The average molecular weight is 250 g/mol. The lowest BCUT2D eigenvalue weighted by atomic mass is 10.1. The zero-order valence-electron chi connectivity index (χ0n) is 6.92. The zero-order valence-corrected chi connectivity index (χ0v) is 9.32. The minimum absolute atomic E-state index is 0.0885. The summed E-state index contributed by atoms with van der Waals surface area (Å²) < 4.78 is 6.07. The Bertz CT molecular complexity index is 239. The Morgan fingerprint density at radius 1 is 1.67 bits per heavy atom. The SMILES string of the molecule is COCCC(N)c1cscc1Br. The predicted molar refractivity (Wildman–Crippen MR) is 55.4 cm³/mol. The fourth-order valence-corrected chi connectivity index (χ4v) is 2.61. The molecule has 0 aliphatic carbocycles. The molecule has 0 fully saturated rings. The first kappa shape index (κ1) is 10.2. The summed E-state index contributed by atoms with van der Waals surface area (Å²) in [6.45, 7) is 0.712. The summed E-state index contributed by atoms with van der Waals surface area (Å²) in [7, 11) is 1.69. The highest BCUT2D eigenvalue weighted by molar-refractivity contribution is 9.10. The molecule has 0 amide bonds. The van der Waals surface area contributed by atoms with Gasteiger partial charge < -0.3 is 10.5 Å². The minimum atomic E-state index is 0.0885. The molecule has 2 N–H and O–H groups in total. The normalized spacial score (nSPS) is 13.2. The number of rotatable bonds is 4. The monoisotopic (exact) mass is 249 g/mol. The molecule has 68 valence electrons. The fourth-order valence-electron chi connectivity index (χ4n) is 0.956. The van der Waals surface area contributed by atoms with Crippen LogP contribution >= 0.6 is 27.3 Å². The van der Waals surface area contributed by atoms with Crippen molar-refractivity contribution in [2.75, 3.05) is 13.7 Å². The van der Waals surface area contributed by atoms with Gasteiger partial charge in [-0.3, -0.25) is 0 Å². The van der Waals surface area contributed by atoms with Crippen molar-refractivity contribution in [2.45, 2.75) is 12.5 Å². The maximum atomic E-state index is 5.92. The van der Waals surface area contributed by atoms with Crippen molar-refractivity contribution >= 4 is 27.3 Å². The highest BCUT2D eigenvalue weighted by Crippen LogP contribution is 2.27. The Kier molecular flexibility index (Phi) is 4.21. The Morgan fingerprint density at radius 2 is 2.42 bits per heavy atom. The van der Waals surface area contributed by atoms with E-state index in [-0.39, 0.29) is 6.04 Å². The van der Waals surface area contributed by atoms with E-state index in [0.29, 0.717) is 6.61 Å². The van der Waals surface area contributed by atoms with E-state index in [0.717, 1.165) is 10.9 Å². The summed E-state index contributed by atoms with van der Waals surface area (Å²) in [5, 5.41) is 4.12. The molecule has 1 rings (SSSR count). The summed E-state index contributed by atoms with van der Waals surface area (Å²) in [6, 6.07) is 0.0885. The first-order valence-electron chi connectivity index (χ1n) is 3.71. The molecule has 0 bridgehead atoms. The Hall–Kier alpha value is 0.100. The molecule has 0 aromatic carbocycles. The Morgan fingerprint density at radius 3 is 2.92 bits per heavy atom. The van der Waals surface area contributed by atoms with Crippen LogP contribution in [0.15, 0.2) is 15.2 Å². The van der Waals surface area contributed by atoms with Gasteiger partial charge in [-0.2, -0.15) is 11.3 Å². The molecule has 1 unspecified atom stereocenters. The molecule has 0 aliphatic heterocycles. The second-order valence-corrected chi connectivity index (χ2v) is 4.16. The summed E-state index contributed by atoms with van der Waals surface area (Å²) in [6.07, 6.45) is 0.867. The van der Waals surface area contributed by atoms with Gasteiger partial charge in [0.2, 0.25) is 0 Å². The average Bonchev–Trinajstić information content (AvgIpc) is 2.47. The molecule has 1 aromatic heterocycles. The van der Waals surface area contributed by atoms with Crippen molar-refractivity contribution in [3.05, 3.63) is 20.8 Å². The van der Waals surface area contributed by atoms with Crippen molar-refractivity contribution in [1.29, 1.82) is 0 Å². The lowest BCUT2D eigenvalue weighted by Gasteiger charge is -2.09. The largest absolute Gasteiger partial charge is 0.385 e. The Balaban J connectivity index is 2.52. The molecule has 12 heavy (non-hydrogen) atoms. The summed E-state index contributed by atoms with van der Waals surface area (Å²) >= 11 is 5.11. The van der Waals surface area contributed by atoms with E-state index in [1.165, 1.54) is 5.56 Å². The molecule has 0 radical (unpaired) electrons. The number of hydrogen-bond donors (Lipinski definition) is 1. The fraction of sp³-hybridized carbons (Fsp3) is 0.500. The van der Waals surface area contributed by atoms with Gasteiger partial charge in [-0.25, -0.2) is 0 Å². The van der Waals surface area contributed by atoms with Crippen molar-refractivity contribution in [1.82, 2.24) is 0 Å². The number of nitrogens with two attached hydrogens (primary N) is 1. The maximum absolute atomic E-state index is 5.92. The second-order valence-electron chi connectivity index (χ2n) is 2.56. The van der Waals surface area contributed by atoms with E-state index in [2.05, 4.69) is 21.3 Å². The van der Waals surface area contributed by atoms with E-state index < -0.39 is 0 Å². The van der Waals surface area contributed by atoms with E-state index in [1.807, 2.05) is 5.38 Å². The minimum Gasteiger partial charge on any atom is -0.385 e. The van der Waals surface area contributed by atoms with Crippen LogP contribution in [0.1, 0.15) is 18.0 Å². The van der Waals surface area contributed by atoms with Crippen LogP contribution in [-0.4, -0.2) is 13.7 Å². The van der Waals surface area contributed by atoms with Crippen LogP contribution in [0, 0.1) is 0 Å². The van der Waals surface area contributed by atoms with Crippen molar-refractivity contribution in [3.63, 3.8) is 0 Å². The van der Waals surface area contributed by atoms with Gasteiger partial charge >= 0.3 is 0 Å². The number of hydrogen-bond acceptors (Lipinski definition) is 3. The first-order valence-corrected chi connectivity index (χ1v) is 5.45. The summed E-state index contributed by atoms with van der Waals surface area (Å²) in [4.78, 5) is 0.